The molecule has 2 aromatic rings. The van der Waals surface area contributed by atoms with Crippen molar-refractivity contribution < 1.29 is 23.1 Å². The molecule has 0 bridgehead atoms. The minimum absolute atomic E-state index is 0.0913. The van der Waals surface area contributed by atoms with Gasteiger partial charge in [-0.2, -0.15) is 4.37 Å². The van der Waals surface area contributed by atoms with Crippen molar-refractivity contribution in [2.45, 2.75) is 13.0 Å². The average Bonchev–Trinajstić information content (AvgIpc) is 2.87. The fourth-order valence-electron chi connectivity index (χ4n) is 1.52. The van der Waals surface area contributed by atoms with Gasteiger partial charge < -0.3 is 10.4 Å². The Kier molecular flexibility index (Phi) is 4.76. The molecule has 0 unspecified atom stereocenters. The highest BCUT2D eigenvalue weighted by atomic mass is 32.1. The number of carbonyl (C=O) groups excluding carboxylic acids is 1. The molecule has 0 radical (unpaired) electrons. The molecule has 0 fully saturated rings. The van der Waals surface area contributed by atoms with E-state index in [4.69, 9.17) is 5.11 Å². The zero-order chi connectivity index (χ0) is 15.4. The third-order valence-electron chi connectivity index (χ3n) is 2.48. The largest absolute Gasteiger partial charge is 0.392 e. The van der Waals surface area contributed by atoms with E-state index in [1.807, 2.05) is 0 Å². The van der Waals surface area contributed by atoms with Gasteiger partial charge in [0.05, 0.1) is 12.3 Å². The van der Waals surface area contributed by atoms with Gasteiger partial charge in [0, 0.05) is 11.6 Å². The number of amides is 2. The topological polar surface area (TPSA) is 74.2 Å². The molecular formula is C12H10F3N3O2S. The fourth-order valence-corrected chi connectivity index (χ4v) is 2.17. The SMILES string of the molecule is O=C(Nc1cc(C(F)F)ns1)Nc1cc(F)ccc1CO. The van der Waals surface area contributed by atoms with Gasteiger partial charge in [-0.15, -0.1) is 0 Å². The van der Waals surface area contributed by atoms with E-state index in [1.165, 1.54) is 6.07 Å². The van der Waals surface area contributed by atoms with Crippen LogP contribution in [0.5, 0.6) is 0 Å². The number of nitrogens with zero attached hydrogens (tertiary/aromatic N) is 1. The lowest BCUT2D eigenvalue weighted by atomic mass is 10.2. The monoisotopic (exact) mass is 317 g/mol. The molecule has 0 saturated heterocycles. The summed E-state index contributed by atoms with van der Waals surface area (Å²) >= 11 is 0.704. The maximum atomic E-state index is 13.1. The Labute approximate surface area is 121 Å². The second-order valence-corrected chi connectivity index (χ2v) is 4.76. The molecule has 0 aliphatic rings. The molecule has 0 spiro atoms. The van der Waals surface area contributed by atoms with Gasteiger partial charge in [0.1, 0.15) is 16.5 Å². The molecular weight excluding hydrogens is 307 g/mol. The average molecular weight is 317 g/mol. The van der Waals surface area contributed by atoms with Crippen molar-refractivity contribution in [2.75, 3.05) is 10.6 Å². The molecule has 112 valence electrons. The van der Waals surface area contributed by atoms with Crippen LogP contribution in [0.15, 0.2) is 24.3 Å². The Morgan fingerprint density at radius 2 is 2.10 bits per heavy atom. The molecule has 5 nitrogen and oxygen atoms in total. The van der Waals surface area contributed by atoms with Crippen molar-refractivity contribution in [3.05, 3.63) is 41.3 Å². The van der Waals surface area contributed by atoms with Gasteiger partial charge in [0.2, 0.25) is 0 Å². The highest BCUT2D eigenvalue weighted by Crippen LogP contribution is 2.25. The van der Waals surface area contributed by atoms with Crippen LogP contribution in [-0.2, 0) is 6.61 Å². The summed E-state index contributed by atoms with van der Waals surface area (Å²) in [5.74, 6) is -0.583. The third kappa shape index (κ3) is 3.92. The van der Waals surface area contributed by atoms with Crippen molar-refractivity contribution in [2.24, 2.45) is 0 Å². The fraction of sp³-hybridized carbons (Fsp3) is 0.167. The number of alkyl halides is 2. The highest BCUT2D eigenvalue weighted by Gasteiger charge is 2.14. The van der Waals surface area contributed by atoms with Crippen LogP contribution in [0, 0.1) is 5.82 Å². The van der Waals surface area contributed by atoms with Crippen LogP contribution < -0.4 is 10.6 Å². The summed E-state index contributed by atoms with van der Waals surface area (Å²) in [4.78, 5) is 11.7. The van der Waals surface area contributed by atoms with E-state index in [9.17, 15) is 18.0 Å². The van der Waals surface area contributed by atoms with Crippen molar-refractivity contribution in [3.8, 4) is 0 Å². The molecule has 0 aliphatic carbocycles. The third-order valence-corrected chi connectivity index (χ3v) is 3.20. The van der Waals surface area contributed by atoms with E-state index >= 15 is 0 Å². The lowest BCUT2D eigenvalue weighted by Gasteiger charge is -2.09. The normalized spacial score (nSPS) is 10.7. The quantitative estimate of drug-likeness (QED) is 0.809. The second kappa shape index (κ2) is 6.55. The van der Waals surface area contributed by atoms with Gasteiger partial charge in [0.15, 0.2) is 0 Å². The van der Waals surface area contributed by atoms with Crippen molar-refractivity contribution in [1.29, 1.82) is 0 Å². The number of rotatable bonds is 4. The van der Waals surface area contributed by atoms with E-state index in [2.05, 4.69) is 15.0 Å². The van der Waals surface area contributed by atoms with Gasteiger partial charge in [0.25, 0.3) is 6.43 Å². The summed E-state index contributed by atoms with van der Waals surface area (Å²) in [6.45, 7) is -0.383. The van der Waals surface area contributed by atoms with Crippen LogP contribution in [0.3, 0.4) is 0 Å². The number of anilines is 2. The van der Waals surface area contributed by atoms with Crippen LogP contribution in [0.25, 0.3) is 0 Å². The summed E-state index contributed by atoms with van der Waals surface area (Å²) in [6, 6.07) is 3.81. The molecule has 1 aromatic heterocycles. The maximum Gasteiger partial charge on any atom is 0.324 e. The highest BCUT2D eigenvalue weighted by molar-refractivity contribution is 7.10. The van der Waals surface area contributed by atoms with Gasteiger partial charge in [-0.1, -0.05) is 6.07 Å². The summed E-state index contributed by atoms with van der Waals surface area (Å²) in [5, 5.41) is 13.9. The summed E-state index contributed by atoms with van der Waals surface area (Å²) < 4.78 is 41.3. The predicted molar refractivity (Wildman–Crippen MR) is 72.0 cm³/mol. The lowest BCUT2D eigenvalue weighted by Crippen LogP contribution is -2.19. The number of halogens is 3. The molecule has 0 atom stereocenters. The van der Waals surface area contributed by atoms with Crippen molar-refractivity contribution in [1.82, 2.24) is 4.37 Å². The Balaban J connectivity index is 2.06. The number of carbonyl (C=O) groups is 1. The molecule has 0 saturated carbocycles. The molecule has 0 aliphatic heterocycles. The standard InChI is InChI=1S/C12H10F3N3O2S/c13-7-2-1-6(5-19)8(3-7)16-12(20)17-10-4-9(11(14)15)18-21-10/h1-4,11,19H,5H2,(H2,16,17,20). The van der Waals surface area contributed by atoms with Crippen molar-refractivity contribution >= 4 is 28.3 Å². The maximum absolute atomic E-state index is 13.1. The molecule has 21 heavy (non-hydrogen) atoms. The number of aliphatic hydroxyl groups excluding tert-OH is 1. The van der Waals surface area contributed by atoms with Gasteiger partial charge in [-0.25, -0.2) is 18.0 Å². The Hall–Kier alpha value is -2.13. The van der Waals surface area contributed by atoms with E-state index in [0.29, 0.717) is 17.1 Å². The van der Waals surface area contributed by atoms with E-state index in [-0.39, 0.29) is 17.3 Å². The predicted octanol–water partition coefficient (Wildman–Crippen LogP) is 3.36. The van der Waals surface area contributed by atoms with E-state index < -0.39 is 24.0 Å². The van der Waals surface area contributed by atoms with E-state index in [0.717, 1.165) is 18.2 Å². The van der Waals surface area contributed by atoms with Gasteiger partial charge >= 0.3 is 6.03 Å². The zero-order valence-electron chi connectivity index (χ0n) is 10.4. The number of aromatic nitrogens is 1. The van der Waals surface area contributed by atoms with E-state index in [1.54, 1.807) is 0 Å². The van der Waals surface area contributed by atoms with Crippen molar-refractivity contribution in [3.63, 3.8) is 0 Å². The first kappa shape index (κ1) is 15.3. The zero-order valence-corrected chi connectivity index (χ0v) is 11.3. The number of aliphatic hydroxyl groups is 1. The molecule has 1 heterocycles. The second-order valence-electron chi connectivity index (χ2n) is 3.96. The molecule has 2 rings (SSSR count). The Bertz CT molecular complexity index is 648. The number of hydrogen-bond acceptors (Lipinski definition) is 4. The minimum Gasteiger partial charge on any atom is -0.392 e. The summed E-state index contributed by atoms with van der Waals surface area (Å²) in [6.07, 6.45) is -2.72. The Morgan fingerprint density at radius 3 is 2.71 bits per heavy atom. The molecule has 9 heteroatoms. The van der Waals surface area contributed by atoms with Gasteiger partial charge in [-0.3, -0.25) is 5.32 Å². The summed E-state index contributed by atoms with van der Waals surface area (Å²) in [7, 11) is 0. The molecule has 2 amide bonds. The number of urea groups is 1. The molecule has 1 aromatic carbocycles. The van der Waals surface area contributed by atoms with Crippen LogP contribution in [0.1, 0.15) is 17.7 Å². The minimum atomic E-state index is -2.72. The first-order valence-corrected chi connectivity index (χ1v) is 6.49. The number of nitrogens with one attached hydrogen (secondary N) is 2. The van der Waals surface area contributed by atoms with Crippen LogP contribution >= 0.6 is 11.5 Å². The van der Waals surface area contributed by atoms with Crippen LogP contribution in [0.2, 0.25) is 0 Å². The summed E-state index contributed by atoms with van der Waals surface area (Å²) in [5.41, 5.74) is -0.0187. The van der Waals surface area contributed by atoms with Crippen LogP contribution in [-0.4, -0.2) is 15.5 Å². The number of benzene rings is 1. The first-order valence-electron chi connectivity index (χ1n) is 5.71. The van der Waals surface area contributed by atoms with Crippen LogP contribution in [0.4, 0.5) is 28.7 Å². The molecule has 3 N–H and O–H groups in total. The lowest BCUT2D eigenvalue weighted by molar-refractivity contribution is 0.147. The Morgan fingerprint density at radius 1 is 1.33 bits per heavy atom. The first-order chi connectivity index (χ1) is 9.99. The van der Waals surface area contributed by atoms with Gasteiger partial charge in [-0.05, 0) is 23.7 Å². The smallest absolute Gasteiger partial charge is 0.324 e. The number of hydrogen-bond donors (Lipinski definition) is 3.